The fraction of sp³-hybridized carbons (Fsp3) is 0.174. The summed E-state index contributed by atoms with van der Waals surface area (Å²) < 4.78 is 37.3. The van der Waals surface area contributed by atoms with E-state index in [0.717, 1.165) is 29.3 Å². The van der Waals surface area contributed by atoms with Gasteiger partial charge in [0.05, 0.1) is 11.7 Å². The van der Waals surface area contributed by atoms with E-state index in [1.807, 2.05) is 55.5 Å². The van der Waals surface area contributed by atoms with Gasteiger partial charge in [-0.1, -0.05) is 55.5 Å². The van der Waals surface area contributed by atoms with Crippen LogP contribution in [0.1, 0.15) is 18.1 Å². The molecule has 0 aliphatic rings. The van der Waals surface area contributed by atoms with Crippen LogP contribution in [0.25, 0.3) is 11.0 Å². The second-order valence-corrected chi connectivity index (χ2v) is 9.51. The van der Waals surface area contributed by atoms with Gasteiger partial charge in [0.2, 0.25) is 15.9 Å². The lowest BCUT2D eigenvalue weighted by molar-refractivity contribution is -0.117. The van der Waals surface area contributed by atoms with Gasteiger partial charge in [0.1, 0.15) is 22.0 Å². The molecule has 0 aliphatic carbocycles. The molecule has 9 heteroatoms. The summed E-state index contributed by atoms with van der Waals surface area (Å²) in [6.45, 7) is 2.03. The van der Waals surface area contributed by atoms with Gasteiger partial charge >= 0.3 is 0 Å². The number of nitrogens with one attached hydrogen (secondary N) is 2. The predicted octanol–water partition coefficient (Wildman–Crippen LogP) is 3.78. The average Bonchev–Trinajstić information content (AvgIpc) is 3.28. The molecule has 0 spiro atoms. The number of amides is 1. The third kappa shape index (κ3) is 5.01. The molecule has 4 aromatic rings. The van der Waals surface area contributed by atoms with Crippen molar-refractivity contribution in [2.45, 2.75) is 30.7 Å². The number of carbonyl (C=O) groups is 1. The number of fused-ring (bicyclic) bond motifs is 1. The quantitative estimate of drug-likeness (QED) is 0.412. The maximum Gasteiger partial charge on any atom is 0.243 e. The number of rotatable bonds is 8. The van der Waals surface area contributed by atoms with Crippen LogP contribution in [-0.4, -0.2) is 29.1 Å². The molecule has 1 atom stereocenters. The van der Waals surface area contributed by atoms with Gasteiger partial charge in [-0.15, -0.1) is 0 Å². The van der Waals surface area contributed by atoms with E-state index in [4.69, 9.17) is 0 Å². The molecule has 0 saturated carbocycles. The Bertz CT molecular complexity index is 1340. The lowest BCUT2D eigenvalue weighted by Crippen LogP contribution is -2.45. The Kier molecular flexibility index (Phi) is 6.59. The highest BCUT2D eigenvalue weighted by molar-refractivity contribution is 7.89. The van der Waals surface area contributed by atoms with Crippen molar-refractivity contribution < 1.29 is 13.2 Å². The number of anilines is 1. The molecular formula is C23H22N4O3S2. The van der Waals surface area contributed by atoms with Crippen molar-refractivity contribution in [2.75, 3.05) is 5.32 Å². The average molecular weight is 467 g/mol. The summed E-state index contributed by atoms with van der Waals surface area (Å²) in [6.07, 6.45) is 1.03. The van der Waals surface area contributed by atoms with Crippen molar-refractivity contribution in [3.05, 3.63) is 83.9 Å². The maximum atomic E-state index is 13.2. The zero-order valence-electron chi connectivity index (χ0n) is 17.4. The van der Waals surface area contributed by atoms with Crippen LogP contribution in [0.15, 0.2) is 77.7 Å². The highest BCUT2D eigenvalue weighted by Gasteiger charge is 2.28. The number of benzene rings is 3. The number of nitrogens with zero attached hydrogens (tertiary/aromatic N) is 2. The normalized spacial score (nSPS) is 12.5. The summed E-state index contributed by atoms with van der Waals surface area (Å²) in [5.74, 6) is -0.436. The fourth-order valence-corrected chi connectivity index (χ4v) is 5.35. The Morgan fingerprint density at radius 3 is 2.50 bits per heavy atom. The first-order chi connectivity index (χ1) is 15.5. The zero-order valence-corrected chi connectivity index (χ0v) is 19.0. The standard InChI is InChI=1S/C23H22N4O3S2/c1-2-16-10-6-11-18(14-16)24-23(28)20(15-17-8-4-3-5-9-17)27-32(29,30)21-13-7-12-19-22(21)26-31-25-19/h3-14,20,27H,2,15H2,1H3,(H,24,28)/t20-/m0/s1. The summed E-state index contributed by atoms with van der Waals surface area (Å²) in [7, 11) is -4.03. The van der Waals surface area contributed by atoms with E-state index in [9.17, 15) is 13.2 Å². The third-order valence-electron chi connectivity index (χ3n) is 5.04. The van der Waals surface area contributed by atoms with Gasteiger partial charge < -0.3 is 5.32 Å². The molecule has 0 saturated heterocycles. The van der Waals surface area contributed by atoms with Gasteiger partial charge in [0, 0.05) is 5.69 Å². The van der Waals surface area contributed by atoms with E-state index in [1.165, 1.54) is 6.07 Å². The first-order valence-corrected chi connectivity index (χ1v) is 12.3. The Hall–Kier alpha value is -3.14. The van der Waals surface area contributed by atoms with E-state index < -0.39 is 22.0 Å². The molecule has 1 heterocycles. The maximum absolute atomic E-state index is 13.2. The second kappa shape index (κ2) is 9.56. The molecule has 32 heavy (non-hydrogen) atoms. The van der Waals surface area contributed by atoms with Crippen molar-refractivity contribution in [1.29, 1.82) is 0 Å². The van der Waals surface area contributed by atoms with Crippen LogP contribution >= 0.6 is 11.7 Å². The monoisotopic (exact) mass is 466 g/mol. The minimum absolute atomic E-state index is 0.00240. The van der Waals surface area contributed by atoms with E-state index in [0.29, 0.717) is 16.7 Å². The van der Waals surface area contributed by atoms with Crippen LogP contribution < -0.4 is 10.0 Å². The van der Waals surface area contributed by atoms with Crippen LogP contribution in [-0.2, 0) is 27.7 Å². The van der Waals surface area contributed by atoms with Crippen molar-refractivity contribution in [3.8, 4) is 0 Å². The van der Waals surface area contributed by atoms with Crippen molar-refractivity contribution in [2.24, 2.45) is 0 Å². The number of hydrogen-bond donors (Lipinski definition) is 2. The highest BCUT2D eigenvalue weighted by Crippen LogP contribution is 2.22. The van der Waals surface area contributed by atoms with Gasteiger partial charge in [-0.2, -0.15) is 13.5 Å². The summed E-state index contributed by atoms with van der Waals surface area (Å²) in [4.78, 5) is 13.2. The van der Waals surface area contributed by atoms with Gasteiger partial charge in [-0.05, 0) is 48.2 Å². The largest absolute Gasteiger partial charge is 0.325 e. The van der Waals surface area contributed by atoms with E-state index >= 15 is 0 Å². The number of carbonyl (C=O) groups excluding carboxylic acids is 1. The van der Waals surface area contributed by atoms with Crippen LogP contribution in [0.2, 0.25) is 0 Å². The van der Waals surface area contributed by atoms with E-state index in [2.05, 4.69) is 18.8 Å². The van der Waals surface area contributed by atoms with Crippen molar-refractivity contribution >= 4 is 44.4 Å². The van der Waals surface area contributed by atoms with Gasteiger partial charge in [-0.25, -0.2) is 8.42 Å². The van der Waals surface area contributed by atoms with E-state index in [-0.39, 0.29) is 11.3 Å². The second-order valence-electron chi connectivity index (χ2n) is 7.29. The molecule has 0 fully saturated rings. The van der Waals surface area contributed by atoms with E-state index in [1.54, 1.807) is 18.2 Å². The van der Waals surface area contributed by atoms with Crippen LogP contribution in [0.5, 0.6) is 0 Å². The molecule has 0 aliphatic heterocycles. The number of hydrogen-bond acceptors (Lipinski definition) is 6. The molecule has 164 valence electrons. The predicted molar refractivity (Wildman–Crippen MR) is 126 cm³/mol. The summed E-state index contributed by atoms with van der Waals surface area (Å²) in [6, 6.07) is 20.6. The molecule has 0 radical (unpaired) electrons. The number of sulfonamides is 1. The molecule has 2 N–H and O–H groups in total. The fourth-order valence-electron chi connectivity index (χ4n) is 3.39. The van der Waals surface area contributed by atoms with Crippen LogP contribution in [0, 0.1) is 0 Å². The molecule has 3 aromatic carbocycles. The van der Waals surface area contributed by atoms with Crippen molar-refractivity contribution in [1.82, 2.24) is 13.5 Å². The topological polar surface area (TPSA) is 101 Å². The third-order valence-corrected chi connectivity index (χ3v) is 7.08. The SMILES string of the molecule is CCc1cccc(NC(=O)[C@H](Cc2ccccc2)NS(=O)(=O)c2cccc3nsnc23)c1. The molecule has 0 bridgehead atoms. The minimum Gasteiger partial charge on any atom is -0.325 e. The molecule has 4 rings (SSSR count). The first kappa shape index (κ1) is 22.1. The Balaban J connectivity index is 1.64. The smallest absolute Gasteiger partial charge is 0.243 e. The highest BCUT2D eigenvalue weighted by atomic mass is 32.2. The number of aryl methyl sites for hydroxylation is 1. The molecule has 0 unspecified atom stereocenters. The van der Waals surface area contributed by atoms with Crippen LogP contribution in [0.3, 0.4) is 0 Å². The van der Waals surface area contributed by atoms with Gasteiger partial charge in [-0.3, -0.25) is 4.79 Å². The van der Waals surface area contributed by atoms with Gasteiger partial charge in [0.25, 0.3) is 0 Å². The minimum atomic E-state index is -4.03. The first-order valence-electron chi connectivity index (χ1n) is 10.1. The Morgan fingerprint density at radius 2 is 1.72 bits per heavy atom. The van der Waals surface area contributed by atoms with Crippen molar-refractivity contribution in [3.63, 3.8) is 0 Å². The Morgan fingerprint density at radius 1 is 0.969 bits per heavy atom. The van der Waals surface area contributed by atoms with Gasteiger partial charge in [0.15, 0.2) is 0 Å². The summed E-state index contributed by atoms with van der Waals surface area (Å²) in [5, 5.41) is 2.85. The lowest BCUT2D eigenvalue weighted by Gasteiger charge is -2.19. The molecular weight excluding hydrogens is 444 g/mol. The summed E-state index contributed by atoms with van der Waals surface area (Å²) in [5.41, 5.74) is 3.33. The molecule has 7 nitrogen and oxygen atoms in total. The zero-order chi connectivity index (χ0) is 22.6. The van der Waals surface area contributed by atoms with Crippen LogP contribution in [0.4, 0.5) is 5.69 Å². The summed E-state index contributed by atoms with van der Waals surface area (Å²) >= 11 is 0.945. The number of aromatic nitrogens is 2. The lowest BCUT2D eigenvalue weighted by atomic mass is 10.1. The molecule has 1 aromatic heterocycles. The molecule has 1 amide bonds. The Labute approximate surface area is 190 Å².